The molecule has 0 radical (unpaired) electrons. The lowest BCUT2D eigenvalue weighted by Crippen LogP contribution is -2.45. The summed E-state index contributed by atoms with van der Waals surface area (Å²) in [5.74, 6) is -0.581. The summed E-state index contributed by atoms with van der Waals surface area (Å²) in [7, 11) is -2.20. The Morgan fingerprint density at radius 1 is 1.16 bits per heavy atom. The first-order valence-corrected chi connectivity index (χ1v) is 12.0. The molecule has 1 aliphatic rings. The van der Waals surface area contributed by atoms with E-state index in [0.717, 1.165) is 18.4 Å². The topological polar surface area (TPSA) is 105 Å². The van der Waals surface area contributed by atoms with Crippen LogP contribution in [-0.4, -0.2) is 58.5 Å². The predicted octanol–water partition coefficient (Wildman–Crippen LogP) is 2.41. The Labute approximate surface area is 189 Å². The molecule has 2 amide bonds. The minimum atomic E-state index is -3.77. The molecule has 1 atom stereocenters. The standard InChI is InChI=1S/C23H29N3O5S/c1-17-8-10-21(11-9-17)32(29,30)25-20-7-3-5-18(15-20)23(28)26-13-4-6-19(16-26)22(27)24-12-14-31-2/h3,5,7-11,15,19,25H,4,6,12-14,16H2,1-2H3,(H,24,27)/t19-/m0/s1. The van der Waals surface area contributed by atoms with Gasteiger partial charge in [-0.25, -0.2) is 8.42 Å². The smallest absolute Gasteiger partial charge is 0.261 e. The summed E-state index contributed by atoms with van der Waals surface area (Å²) in [6.45, 7) is 3.64. The van der Waals surface area contributed by atoms with Crippen LogP contribution < -0.4 is 10.0 Å². The van der Waals surface area contributed by atoms with Gasteiger partial charge in [0.05, 0.1) is 17.4 Å². The zero-order valence-corrected chi connectivity index (χ0v) is 19.2. The Morgan fingerprint density at radius 3 is 2.62 bits per heavy atom. The number of amides is 2. The molecule has 0 aromatic heterocycles. The fourth-order valence-corrected chi connectivity index (χ4v) is 4.68. The van der Waals surface area contributed by atoms with Crippen LogP contribution >= 0.6 is 0 Å². The van der Waals surface area contributed by atoms with E-state index in [-0.39, 0.29) is 22.6 Å². The van der Waals surface area contributed by atoms with Gasteiger partial charge in [-0.1, -0.05) is 23.8 Å². The zero-order valence-electron chi connectivity index (χ0n) is 18.3. The third-order valence-corrected chi connectivity index (χ3v) is 6.78. The van der Waals surface area contributed by atoms with Crippen molar-refractivity contribution in [3.8, 4) is 0 Å². The van der Waals surface area contributed by atoms with E-state index in [2.05, 4.69) is 10.0 Å². The molecule has 2 N–H and O–H groups in total. The van der Waals surface area contributed by atoms with Crippen LogP contribution in [0.3, 0.4) is 0 Å². The lowest BCUT2D eigenvalue weighted by Gasteiger charge is -2.32. The van der Waals surface area contributed by atoms with Gasteiger partial charge in [0, 0.05) is 38.0 Å². The molecular weight excluding hydrogens is 430 g/mol. The summed E-state index contributed by atoms with van der Waals surface area (Å²) in [5, 5.41) is 2.83. The Morgan fingerprint density at radius 2 is 1.91 bits per heavy atom. The molecule has 0 saturated carbocycles. The van der Waals surface area contributed by atoms with Crippen molar-refractivity contribution in [2.24, 2.45) is 5.92 Å². The highest BCUT2D eigenvalue weighted by atomic mass is 32.2. The molecule has 1 aliphatic heterocycles. The van der Waals surface area contributed by atoms with Crippen molar-refractivity contribution in [2.75, 3.05) is 38.1 Å². The SMILES string of the molecule is COCCNC(=O)[C@H]1CCCN(C(=O)c2cccc(NS(=O)(=O)c3ccc(C)cc3)c2)C1. The second kappa shape index (κ2) is 10.6. The quantitative estimate of drug-likeness (QED) is 0.590. The molecule has 0 unspecified atom stereocenters. The molecule has 1 saturated heterocycles. The highest BCUT2D eigenvalue weighted by molar-refractivity contribution is 7.92. The van der Waals surface area contributed by atoms with Crippen LogP contribution in [0.1, 0.15) is 28.8 Å². The van der Waals surface area contributed by atoms with Gasteiger partial charge in [0.15, 0.2) is 0 Å². The van der Waals surface area contributed by atoms with E-state index in [9.17, 15) is 18.0 Å². The lowest BCUT2D eigenvalue weighted by atomic mass is 9.96. The van der Waals surface area contributed by atoms with Gasteiger partial charge in [-0.2, -0.15) is 0 Å². The van der Waals surface area contributed by atoms with E-state index in [1.54, 1.807) is 42.3 Å². The molecule has 1 fully saturated rings. The molecule has 9 heteroatoms. The number of carbonyl (C=O) groups is 2. The zero-order chi connectivity index (χ0) is 23.1. The molecule has 8 nitrogen and oxygen atoms in total. The Balaban J connectivity index is 1.68. The normalized spacial score (nSPS) is 16.4. The third-order valence-electron chi connectivity index (χ3n) is 5.38. The molecule has 0 aliphatic carbocycles. The van der Waals surface area contributed by atoms with Crippen molar-refractivity contribution in [1.82, 2.24) is 10.2 Å². The number of anilines is 1. The minimum absolute atomic E-state index is 0.0841. The first-order valence-electron chi connectivity index (χ1n) is 10.6. The van der Waals surface area contributed by atoms with E-state index < -0.39 is 10.0 Å². The van der Waals surface area contributed by atoms with Crippen LogP contribution in [0.5, 0.6) is 0 Å². The van der Waals surface area contributed by atoms with Crippen molar-refractivity contribution in [1.29, 1.82) is 0 Å². The van der Waals surface area contributed by atoms with Gasteiger partial charge in [0.25, 0.3) is 15.9 Å². The average molecular weight is 460 g/mol. The third kappa shape index (κ3) is 6.08. The number of nitrogens with one attached hydrogen (secondary N) is 2. The fraction of sp³-hybridized carbons (Fsp3) is 0.391. The van der Waals surface area contributed by atoms with Crippen LogP contribution in [0.25, 0.3) is 0 Å². The van der Waals surface area contributed by atoms with E-state index >= 15 is 0 Å². The predicted molar refractivity (Wildman–Crippen MR) is 122 cm³/mol. The van der Waals surface area contributed by atoms with Crippen molar-refractivity contribution in [3.05, 3.63) is 59.7 Å². The maximum Gasteiger partial charge on any atom is 0.261 e. The molecule has 0 spiro atoms. The van der Waals surface area contributed by atoms with Gasteiger partial charge in [0.1, 0.15) is 0 Å². The van der Waals surface area contributed by atoms with Gasteiger partial charge >= 0.3 is 0 Å². The van der Waals surface area contributed by atoms with Crippen LogP contribution in [0, 0.1) is 12.8 Å². The summed E-state index contributed by atoms with van der Waals surface area (Å²) < 4.78 is 32.8. The van der Waals surface area contributed by atoms with Crippen LogP contribution in [0.4, 0.5) is 5.69 Å². The van der Waals surface area contributed by atoms with Gasteiger partial charge in [-0.05, 0) is 50.1 Å². The number of piperidine rings is 1. The molecule has 0 bridgehead atoms. The van der Waals surface area contributed by atoms with Crippen LogP contribution in [0.15, 0.2) is 53.4 Å². The summed E-state index contributed by atoms with van der Waals surface area (Å²) >= 11 is 0. The summed E-state index contributed by atoms with van der Waals surface area (Å²) in [6.07, 6.45) is 1.45. The van der Waals surface area contributed by atoms with E-state index in [4.69, 9.17) is 4.74 Å². The van der Waals surface area contributed by atoms with E-state index in [1.807, 2.05) is 6.92 Å². The number of nitrogens with zero attached hydrogens (tertiary/aromatic N) is 1. The van der Waals surface area contributed by atoms with E-state index in [0.29, 0.717) is 37.5 Å². The second-order valence-electron chi connectivity index (χ2n) is 7.87. The number of ether oxygens (including phenoxy) is 1. The molecule has 1 heterocycles. The number of sulfonamides is 1. The maximum atomic E-state index is 13.1. The van der Waals surface area contributed by atoms with Crippen molar-refractivity contribution in [3.63, 3.8) is 0 Å². The van der Waals surface area contributed by atoms with Crippen molar-refractivity contribution >= 4 is 27.5 Å². The number of carbonyl (C=O) groups excluding carboxylic acids is 2. The Kier molecular flexibility index (Phi) is 7.87. The molecule has 172 valence electrons. The first kappa shape index (κ1) is 23.7. The highest BCUT2D eigenvalue weighted by Crippen LogP contribution is 2.22. The van der Waals surface area contributed by atoms with E-state index in [1.165, 1.54) is 18.2 Å². The Hall–Kier alpha value is -2.91. The number of hydrogen-bond acceptors (Lipinski definition) is 5. The molecule has 32 heavy (non-hydrogen) atoms. The number of rotatable bonds is 8. The number of methoxy groups -OCH3 is 1. The molecule has 3 rings (SSSR count). The minimum Gasteiger partial charge on any atom is -0.383 e. The Bertz CT molecular complexity index is 1050. The number of likely N-dealkylation sites (tertiary alicyclic amines) is 1. The number of benzene rings is 2. The fourth-order valence-electron chi connectivity index (χ4n) is 3.63. The van der Waals surface area contributed by atoms with Gasteiger partial charge in [0.2, 0.25) is 5.91 Å². The second-order valence-corrected chi connectivity index (χ2v) is 9.56. The maximum absolute atomic E-state index is 13.1. The highest BCUT2D eigenvalue weighted by Gasteiger charge is 2.29. The number of aryl methyl sites for hydroxylation is 1. The van der Waals surface area contributed by atoms with Gasteiger partial charge in [-0.3, -0.25) is 14.3 Å². The summed E-state index contributed by atoms with van der Waals surface area (Å²) in [5.41, 5.74) is 1.64. The van der Waals surface area contributed by atoms with Crippen LogP contribution in [-0.2, 0) is 19.6 Å². The van der Waals surface area contributed by atoms with Crippen LogP contribution in [0.2, 0.25) is 0 Å². The van der Waals surface area contributed by atoms with Gasteiger partial charge in [-0.15, -0.1) is 0 Å². The average Bonchev–Trinajstić information content (AvgIpc) is 2.79. The molecule has 2 aromatic carbocycles. The lowest BCUT2D eigenvalue weighted by molar-refractivity contribution is -0.126. The summed E-state index contributed by atoms with van der Waals surface area (Å²) in [4.78, 5) is 27.2. The van der Waals surface area contributed by atoms with Crippen molar-refractivity contribution in [2.45, 2.75) is 24.7 Å². The monoisotopic (exact) mass is 459 g/mol. The largest absolute Gasteiger partial charge is 0.383 e. The van der Waals surface area contributed by atoms with Crippen molar-refractivity contribution < 1.29 is 22.7 Å². The van der Waals surface area contributed by atoms with Gasteiger partial charge < -0.3 is 15.0 Å². The first-order chi connectivity index (χ1) is 15.3. The molecule has 2 aromatic rings. The summed E-state index contributed by atoms with van der Waals surface area (Å²) in [6, 6.07) is 12.9. The number of hydrogen-bond donors (Lipinski definition) is 2. The molecular formula is C23H29N3O5S.